The molecule has 0 radical (unpaired) electrons. The van der Waals surface area contributed by atoms with E-state index in [1.807, 2.05) is 30.3 Å². The van der Waals surface area contributed by atoms with Gasteiger partial charge in [-0.3, -0.25) is 0 Å². The van der Waals surface area contributed by atoms with Crippen LogP contribution in [-0.2, 0) is 0 Å². The Kier molecular flexibility index (Phi) is 6.16. The van der Waals surface area contributed by atoms with Crippen molar-refractivity contribution in [2.45, 2.75) is 19.4 Å². The summed E-state index contributed by atoms with van der Waals surface area (Å²) >= 11 is 0. The van der Waals surface area contributed by atoms with Crippen molar-refractivity contribution >= 4 is 11.7 Å². The van der Waals surface area contributed by atoms with Gasteiger partial charge in [0.1, 0.15) is 5.69 Å². The third kappa shape index (κ3) is 6.20. The number of hydrogen-bond donors (Lipinski definition) is 3. The van der Waals surface area contributed by atoms with Gasteiger partial charge < -0.3 is 15.7 Å². The van der Waals surface area contributed by atoms with Crippen LogP contribution in [0.15, 0.2) is 48.7 Å². The zero-order valence-electron chi connectivity index (χ0n) is 12.9. The van der Waals surface area contributed by atoms with E-state index in [-0.39, 0.29) is 6.03 Å². The Morgan fingerprint density at radius 1 is 1.26 bits per heavy atom. The minimum atomic E-state index is -0.430. The number of amides is 2. The molecule has 1 aromatic carbocycles. The van der Waals surface area contributed by atoms with E-state index in [2.05, 4.69) is 27.5 Å². The van der Waals surface area contributed by atoms with Crippen molar-refractivity contribution in [2.75, 3.05) is 11.9 Å². The monoisotopic (exact) mass is 309 g/mol. The van der Waals surface area contributed by atoms with Gasteiger partial charge in [0.25, 0.3) is 0 Å². The quantitative estimate of drug-likeness (QED) is 0.759. The van der Waals surface area contributed by atoms with E-state index in [0.29, 0.717) is 24.3 Å². The molecule has 1 heterocycles. The second-order valence-corrected chi connectivity index (χ2v) is 5.06. The van der Waals surface area contributed by atoms with Gasteiger partial charge in [-0.1, -0.05) is 18.1 Å². The number of carbonyl (C=O) groups excluding carboxylic acids is 1. The number of aromatic nitrogens is 1. The lowest BCUT2D eigenvalue weighted by molar-refractivity contribution is 0.184. The molecule has 0 aliphatic rings. The molecule has 0 aliphatic heterocycles. The fourth-order valence-electron chi connectivity index (χ4n) is 1.82. The van der Waals surface area contributed by atoms with Crippen LogP contribution < -0.4 is 10.6 Å². The molecule has 2 rings (SSSR count). The second-order valence-electron chi connectivity index (χ2n) is 5.06. The van der Waals surface area contributed by atoms with Crippen LogP contribution >= 0.6 is 0 Å². The molecule has 0 fully saturated rings. The van der Waals surface area contributed by atoms with Crippen molar-refractivity contribution in [2.24, 2.45) is 0 Å². The van der Waals surface area contributed by atoms with Gasteiger partial charge in [0.2, 0.25) is 0 Å². The molecule has 1 aromatic heterocycles. The topological polar surface area (TPSA) is 74.2 Å². The van der Waals surface area contributed by atoms with Crippen molar-refractivity contribution in [3.8, 4) is 11.8 Å². The van der Waals surface area contributed by atoms with Gasteiger partial charge in [-0.05, 0) is 49.6 Å². The lowest BCUT2D eigenvalue weighted by Gasteiger charge is -2.08. The Morgan fingerprint density at radius 2 is 2.13 bits per heavy atom. The van der Waals surface area contributed by atoms with Gasteiger partial charge in [-0.15, -0.1) is 0 Å². The van der Waals surface area contributed by atoms with Gasteiger partial charge in [0.15, 0.2) is 0 Å². The van der Waals surface area contributed by atoms with Gasteiger partial charge in [-0.25, -0.2) is 9.78 Å². The summed E-state index contributed by atoms with van der Waals surface area (Å²) in [4.78, 5) is 15.9. The molecule has 0 saturated heterocycles. The molecule has 118 valence electrons. The summed E-state index contributed by atoms with van der Waals surface area (Å²) in [6.07, 6.45) is 1.78. The van der Waals surface area contributed by atoms with E-state index in [0.717, 1.165) is 5.56 Å². The van der Waals surface area contributed by atoms with Crippen molar-refractivity contribution in [1.82, 2.24) is 10.3 Å². The molecule has 5 nitrogen and oxygen atoms in total. The summed E-state index contributed by atoms with van der Waals surface area (Å²) in [7, 11) is 0. The lowest BCUT2D eigenvalue weighted by Crippen LogP contribution is -2.30. The van der Waals surface area contributed by atoms with E-state index < -0.39 is 6.10 Å². The summed E-state index contributed by atoms with van der Waals surface area (Å²) in [5.41, 5.74) is 2.14. The zero-order valence-corrected chi connectivity index (χ0v) is 12.9. The molecule has 1 atom stereocenters. The number of carbonyl (C=O) groups is 1. The Labute approximate surface area is 135 Å². The number of aliphatic hydroxyl groups excluding tert-OH is 1. The summed E-state index contributed by atoms with van der Waals surface area (Å²) < 4.78 is 0. The van der Waals surface area contributed by atoms with Gasteiger partial charge in [-0.2, -0.15) is 0 Å². The fraction of sp³-hybridized carbons (Fsp3) is 0.222. The van der Waals surface area contributed by atoms with Crippen LogP contribution in [0, 0.1) is 11.8 Å². The number of rotatable bonds is 4. The van der Waals surface area contributed by atoms with Crippen molar-refractivity contribution < 1.29 is 9.90 Å². The van der Waals surface area contributed by atoms with E-state index in [9.17, 15) is 4.79 Å². The molecule has 2 aromatic rings. The van der Waals surface area contributed by atoms with Crippen LogP contribution in [0.25, 0.3) is 0 Å². The molecule has 0 spiro atoms. The standard InChI is InChI=1S/C18H19N3O2/c1-14(22)10-12-20-18(23)21-17-7-4-5-15(13-17)8-9-16-6-2-3-11-19-16/h2-7,11,13-14,22H,10,12H2,1H3,(H2,20,21,23). The largest absolute Gasteiger partial charge is 0.393 e. The Bertz CT molecular complexity index is 703. The number of nitrogens with zero attached hydrogens (tertiary/aromatic N) is 1. The van der Waals surface area contributed by atoms with Crippen molar-refractivity contribution in [3.63, 3.8) is 0 Å². The highest BCUT2D eigenvalue weighted by molar-refractivity contribution is 5.89. The van der Waals surface area contributed by atoms with Crippen LogP contribution in [0.4, 0.5) is 10.5 Å². The number of aliphatic hydroxyl groups is 1. The van der Waals surface area contributed by atoms with E-state index in [1.54, 1.807) is 25.3 Å². The number of anilines is 1. The number of benzene rings is 1. The normalized spacial score (nSPS) is 11.0. The number of nitrogens with one attached hydrogen (secondary N) is 2. The maximum Gasteiger partial charge on any atom is 0.319 e. The Morgan fingerprint density at radius 3 is 2.87 bits per heavy atom. The minimum Gasteiger partial charge on any atom is -0.393 e. The van der Waals surface area contributed by atoms with Crippen LogP contribution in [0.1, 0.15) is 24.6 Å². The smallest absolute Gasteiger partial charge is 0.319 e. The van der Waals surface area contributed by atoms with Crippen LogP contribution in [-0.4, -0.2) is 28.8 Å². The second kappa shape index (κ2) is 8.57. The average Bonchev–Trinajstić information content (AvgIpc) is 2.54. The number of urea groups is 1. The highest BCUT2D eigenvalue weighted by Crippen LogP contribution is 2.09. The highest BCUT2D eigenvalue weighted by Gasteiger charge is 2.02. The summed E-state index contributed by atoms with van der Waals surface area (Å²) in [5, 5.41) is 14.6. The zero-order chi connectivity index (χ0) is 16.5. The number of hydrogen-bond acceptors (Lipinski definition) is 3. The van der Waals surface area contributed by atoms with E-state index >= 15 is 0 Å². The molecule has 0 saturated carbocycles. The third-order valence-electron chi connectivity index (χ3n) is 2.97. The number of pyridine rings is 1. The molecule has 0 bridgehead atoms. The molecule has 3 N–H and O–H groups in total. The molecular weight excluding hydrogens is 290 g/mol. The molecular formula is C18H19N3O2. The van der Waals surface area contributed by atoms with Crippen LogP contribution in [0.2, 0.25) is 0 Å². The molecule has 1 unspecified atom stereocenters. The van der Waals surface area contributed by atoms with Crippen molar-refractivity contribution in [1.29, 1.82) is 0 Å². The fourth-order valence-corrected chi connectivity index (χ4v) is 1.82. The average molecular weight is 309 g/mol. The maximum absolute atomic E-state index is 11.7. The molecule has 5 heteroatoms. The van der Waals surface area contributed by atoms with E-state index in [4.69, 9.17) is 5.11 Å². The van der Waals surface area contributed by atoms with Gasteiger partial charge >= 0.3 is 6.03 Å². The first-order chi connectivity index (χ1) is 11.1. The third-order valence-corrected chi connectivity index (χ3v) is 2.97. The SMILES string of the molecule is CC(O)CCNC(=O)Nc1cccc(C#Cc2ccccn2)c1. The summed E-state index contributed by atoms with van der Waals surface area (Å²) in [6, 6.07) is 12.5. The van der Waals surface area contributed by atoms with Gasteiger partial charge in [0, 0.05) is 24.0 Å². The molecule has 23 heavy (non-hydrogen) atoms. The summed E-state index contributed by atoms with van der Waals surface area (Å²) in [5.74, 6) is 5.99. The van der Waals surface area contributed by atoms with Crippen LogP contribution in [0.3, 0.4) is 0 Å². The molecule has 0 aliphatic carbocycles. The first-order valence-electron chi connectivity index (χ1n) is 7.39. The predicted octanol–water partition coefficient (Wildman–Crippen LogP) is 2.37. The van der Waals surface area contributed by atoms with E-state index in [1.165, 1.54) is 0 Å². The molecule has 2 amide bonds. The minimum absolute atomic E-state index is 0.305. The van der Waals surface area contributed by atoms with Crippen LogP contribution in [0.5, 0.6) is 0 Å². The predicted molar refractivity (Wildman–Crippen MR) is 90.0 cm³/mol. The first kappa shape index (κ1) is 16.5. The van der Waals surface area contributed by atoms with Crippen molar-refractivity contribution in [3.05, 3.63) is 59.9 Å². The summed E-state index contributed by atoms with van der Waals surface area (Å²) in [6.45, 7) is 2.10. The van der Waals surface area contributed by atoms with Gasteiger partial charge in [0.05, 0.1) is 6.10 Å². The highest BCUT2D eigenvalue weighted by atomic mass is 16.3. The Hall–Kier alpha value is -2.84. The lowest BCUT2D eigenvalue weighted by atomic mass is 10.2. The Balaban J connectivity index is 1.95. The maximum atomic E-state index is 11.7. The first-order valence-corrected chi connectivity index (χ1v) is 7.39.